The number of esters is 1. The molecule has 19 heavy (non-hydrogen) atoms. The lowest BCUT2D eigenvalue weighted by Crippen LogP contribution is -2.04. The molecule has 0 aliphatic heterocycles. The number of carbonyl (C=O) groups is 1. The lowest BCUT2D eigenvalue weighted by atomic mass is 10.2. The van der Waals surface area contributed by atoms with Crippen molar-refractivity contribution in [3.8, 4) is 0 Å². The Balaban J connectivity index is 1.72. The molecule has 0 saturated heterocycles. The van der Waals surface area contributed by atoms with Crippen molar-refractivity contribution in [2.45, 2.75) is 13.5 Å². The third-order valence-electron chi connectivity index (χ3n) is 2.87. The molecule has 0 N–H and O–H groups in total. The van der Waals surface area contributed by atoms with E-state index in [9.17, 15) is 4.79 Å². The highest BCUT2D eigenvalue weighted by atomic mass is 16.6. The Morgan fingerprint density at radius 3 is 2.84 bits per heavy atom. The molecule has 4 heteroatoms. The van der Waals surface area contributed by atoms with Crippen LogP contribution in [0.2, 0.25) is 0 Å². The first-order valence-electron chi connectivity index (χ1n) is 5.93. The molecule has 0 aliphatic rings. The van der Waals surface area contributed by atoms with Gasteiger partial charge in [-0.1, -0.05) is 18.2 Å². The molecular formula is C15H12O4. The standard InChI is InChI=1S/C15H12O4/c1-10-6-7-17-14(10)15(16)18-9-12-8-11-4-2-3-5-13(11)19-12/h2-8H,9H2,1H3. The molecule has 3 rings (SSSR count). The number of carbonyl (C=O) groups excluding carboxylic acids is 1. The van der Waals surface area contributed by atoms with Gasteiger partial charge in [0.15, 0.2) is 0 Å². The van der Waals surface area contributed by atoms with E-state index in [4.69, 9.17) is 13.6 Å². The van der Waals surface area contributed by atoms with Gasteiger partial charge in [-0.2, -0.15) is 0 Å². The second kappa shape index (κ2) is 4.65. The minimum absolute atomic E-state index is 0.0909. The maximum Gasteiger partial charge on any atom is 0.374 e. The van der Waals surface area contributed by atoms with Crippen LogP contribution in [0, 0.1) is 6.92 Å². The summed E-state index contributed by atoms with van der Waals surface area (Å²) < 4.78 is 15.8. The smallest absolute Gasteiger partial charge is 0.374 e. The van der Waals surface area contributed by atoms with Crippen LogP contribution >= 0.6 is 0 Å². The molecule has 4 nitrogen and oxygen atoms in total. The van der Waals surface area contributed by atoms with E-state index < -0.39 is 5.97 Å². The van der Waals surface area contributed by atoms with Crippen LogP contribution in [-0.4, -0.2) is 5.97 Å². The number of fused-ring (bicyclic) bond motifs is 1. The topological polar surface area (TPSA) is 52.6 Å². The van der Waals surface area contributed by atoms with Gasteiger partial charge in [-0.05, 0) is 25.1 Å². The van der Waals surface area contributed by atoms with Crippen molar-refractivity contribution in [3.05, 3.63) is 59.7 Å². The molecule has 3 aromatic rings. The Hall–Kier alpha value is -2.49. The molecule has 0 saturated carbocycles. The molecule has 0 amide bonds. The van der Waals surface area contributed by atoms with Crippen molar-refractivity contribution >= 4 is 16.9 Å². The van der Waals surface area contributed by atoms with Gasteiger partial charge in [0.2, 0.25) is 5.76 Å². The van der Waals surface area contributed by atoms with Crippen LogP contribution < -0.4 is 0 Å². The normalized spacial score (nSPS) is 10.8. The van der Waals surface area contributed by atoms with Gasteiger partial charge in [0.1, 0.15) is 18.0 Å². The molecule has 0 aliphatic carbocycles. The van der Waals surface area contributed by atoms with Crippen molar-refractivity contribution in [2.24, 2.45) is 0 Å². The van der Waals surface area contributed by atoms with Gasteiger partial charge in [0.05, 0.1) is 6.26 Å². The number of aryl methyl sites for hydroxylation is 1. The van der Waals surface area contributed by atoms with Gasteiger partial charge in [-0.25, -0.2) is 4.79 Å². The molecule has 0 atom stereocenters. The lowest BCUT2D eigenvalue weighted by Gasteiger charge is -2.00. The first-order chi connectivity index (χ1) is 9.24. The summed E-state index contributed by atoms with van der Waals surface area (Å²) in [5, 5.41) is 0.989. The number of benzene rings is 1. The highest BCUT2D eigenvalue weighted by molar-refractivity contribution is 5.87. The van der Waals surface area contributed by atoms with Gasteiger partial charge in [0.25, 0.3) is 0 Å². The van der Waals surface area contributed by atoms with E-state index in [-0.39, 0.29) is 12.4 Å². The van der Waals surface area contributed by atoms with Crippen LogP contribution in [0.1, 0.15) is 21.9 Å². The summed E-state index contributed by atoms with van der Waals surface area (Å²) in [5.74, 6) is 0.359. The average molecular weight is 256 g/mol. The summed E-state index contributed by atoms with van der Waals surface area (Å²) >= 11 is 0. The second-order valence-electron chi connectivity index (χ2n) is 4.26. The zero-order chi connectivity index (χ0) is 13.2. The van der Waals surface area contributed by atoms with E-state index in [1.807, 2.05) is 30.3 Å². The summed E-state index contributed by atoms with van der Waals surface area (Å²) in [7, 11) is 0. The van der Waals surface area contributed by atoms with Gasteiger partial charge >= 0.3 is 5.97 Å². The molecule has 96 valence electrons. The molecule has 0 fully saturated rings. The molecule has 0 bridgehead atoms. The number of hydrogen-bond acceptors (Lipinski definition) is 4. The fourth-order valence-electron chi connectivity index (χ4n) is 1.89. The zero-order valence-corrected chi connectivity index (χ0v) is 10.4. The lowest BCUT2D eigenvalue weighted by molar-refractivity contribution is 0.0410. The van der Waals surface area contributed by atoms with E-state index in [1.54, 1.807) is 13.0 Å². The van der Waals surface area contributed by atoms with Crippen molar-refractivity contribution in [1.29, 1.82) is 0 Å². The van der Waals surface area contributed by atoms with Gasteiger partial charge in [-0.3, -0.25) is 0 Å². The molecule has 0 unspecified atom stereocenters. The third kappa shape index (κ3) is 2.25. The number of para-hydroxylation sites is 1. The quantitative estimate of drug-likeness (QED) is 0.670. The van der Waals surface area contributed by atoms with Crippen LogP contribution in [0.15, 0.2) is 51.5 Å². The monoisotopic (exact) mass is 256 g/mol. The zero-order valence-electron chi connectivity index (χ0n) is 10.4. The Labute approximate surface area is 109 Å². The maximum absolute atomic E-state index is 11.8. The van der Waals surface area contributed by atoms with E-state index in [1.165, 1.54) is 6.26 Å². The average Bonchev–Trinajstić information content (AvgIpc) is 3.01. The van der Waals surface area contributed by atoms with E-state index in [0.29, 0.717) is 5.76 Å². The van der Waals surface area contributed by atoms with Crippen LogP contribution in [0.4, 0.5) is 0 Å². The summed E-state index contributed by atoms with van der Waals surface area (Å²) in [4.78, 5) is 11.8. The van der Waals surface area contributed by atoms with Crippen molar-refractivity contribution in [1.82, 2.24) is 0 Å². The van der Waals surface area contributed by atoms with Crippen molar-refractivity contribution in [3.63, 3.8) is 0 Å². The minimum Gasteiger partial charge on any atom is -0.457 e. The molecular weight excluding hydrogens is 244 g/mol. The van der Waals surface area contributed by atoms with Crippen LogP contribution in [-0.2, 0) is 11.3 Å². The Bertz CT molecular complexity index is 687. The molecule has 1 aromatic carbocycles. The summed E-state index contributed by atoms with van der Waals surface area (Å²) in [6.07, 6.45) is 1.47. The van der Waals surface area contributed by atoms with E-state index in [0.717, 1.165) is 16.5 Å². The fourth-order valence-corrected chi connectivity index (χ4v) is 1.89. The van der Waals surface area contributed by atoms with Crippen molar-refractivity contribution < 1.29 is 18.4 Å². The van der Waals surface area contributed by atoms with Gasteiger partial charge in [0, 0.05) is 10.9 Å². The summed E-state index contributed by atoms with van der Waals surface area (Å²) in [6, 6.07) is 11.2. The van der Waals surface area contributed by atoms with E-state index >= 15 is 0 Å². The number of furan rings is 2. The summed E-state index contributed by atoms with van der Waals surface area (Å²) in [6.45, 7) is 1.88. The molecule has 2 heterocycles. The van der Waals surface area contributed by atoms with Crippen LogP contribution in [0.3, 0.4) is 0 Å². The SMILES string of the molecule is Cc1ccoc1C(=O)OCc1cc2ccccc2o1. The van der Waals surface area contributed by atoms with Crippen LogP contribution in [0.25, 0.3) is 11.0 Å². The first-order valence-corrected chi connectivity index (χ1v) is 5.93. The van der Waals surface area contributed by atoms with Crippen molar-refractivity contribution in [2.75, 3.05) is 0 Å². The highest BCUT2D eigenvalue weighted by Crippen LogP contribution is 2.20. The van der Waals surface area contributed by atoms with Gasteiger partial charge in [-0.15, -0.1) is 0 Å². The second-order valence-corrected chi connectivity index (χ2v) is 4.26. The molecule has 0 radical (unpaired) electrons. The molecule has 2 aromatic heterocycles. The van der Waals surface area contributed by atoms with E-state index in [2.05, 4.69) is 0 Å². The largest absolute Gasteiger partial charge is 0.457 e. The number of hydrogen-bond donors (Lipinski definition) is 0. The molecule has 0 spiro atoms. The highest BCUT2D eigenvalue weighted by Gasteiger charge is 2.15. The predicted molar refractivity (Wildman–Crippen MR) is 68.8 cm³/mol. The van der Waals surface area contributed by atoms with Gasteiger partial charge < -0.3 is 13.6 Å². The first kappa shape index (κ1) is 11.6. The fraction of sp³-hybridized carbons (Fsp3) is 0.133. The number of ether oxygens (including phenoxy) is 1. The third-order valence-corrected chi connectivity index (χ3v) is 2.87. The maximum atomic E-state index is 11.8. The summed E-state index contributed by atoms with van der Waals surface area (Å²) in [5.41, 5.74) is 1.54. The number of rotatable bonds is 3. The Kier molecular flexibility index (Phi) is 2.83. The Morgan fingerprint density at radius 2 is 2.11 bits per heavy atom. The van der Waals surface area contributed by atoms with Crippen LogP contribution in [0.5, 0.6) is 0 Å². The minimum atomic E-state index is -0.483. The predicted octanol–water partition coefficient (Wildman–Crippen LogP) is 3.69. The Morgan fingerprint density at radius 1 is 1.26 bits per heavy atom.